The van der Waals surface area contributed by atoms with Gasteiger partial charge >= 0.3 is 0 Å². The third kappa shape index (κ3) is 6.10. The second-order valence-electron chi connectivity index (χ2n) is 7.76. The second-order valence-corrected chi connectivity index (χ2v) is 9.44. The first-order chi connectivity index (χ1) is 17.0. The molecule has 10 heteroatoms. The van der Waals surface area contributed by atoms with Crippen LogP contribution in [0.25, 0.3) is 0 Å². The van der Waals surface area contributed by atoms with Gasteiger partial charge in [-0.1, -0.05) is 35.5 Å². The van der Waals surface area contributed by atoms with E-state index in [9.17, 15) is 18.4 Å². The summed E-state index contributed by atoms with van der Waals surface area (Å²) in [5.74, 6) is 0.603. The Hall–Kier alpha value is -4.05. The van der Waals surface area contributed by atoms with Crippen molar-refractivity contribution in [3.8, 4) is 11.5 Å². The van der Waals surface area contributed by atoms with Crippen LogP contribution in [0.3, 0.4) is 0 Å². The predicted molar refractivity (Wildman–Crippen MR) is 131 cm³/mol. The maximum atomic E-state index is 12.7. The van der Waals surface area contributed by atoms with E-state index in [0.717, 1.165) is 5.56 Å². The Labute approximate surface area is 203 Å². The number of rotatable bonds is 9. The average molecular weight is 496 g/mol. The number of carbonyl (C=O) groups excluding carboxylic acids is 1. The van der Waals surface area contributed by atoms with Gasteiger partial charge < -0.3 is 20.0 Å². The van der Waals surface area contributed by atoms with Gasteiger partial charge in [0, 0.05) is 23.9 Å². The van der Waals surface area contributed by atoms with Gasteiger partial charge in [0.1, 0.15) is 13.2 Å². The van der Waals surface area contributed by atoms with Crippen molar-refractivity contribution in [1.82, 2.24) is 5.32 Å². The van der Waals surface area contributed by atoms with Gasteiger partial charge in [-0.15, -0.1) is 0 Å². The van der Waals surface area contributed by atoms with E-state index in [4.69, 9.17) is 9.47 Å². The van der Waals surface area contributed by atoms with Crippen molar-refractivity contribution in [3.63, 3.8) is 0 Å². The molecule has 4 rings (SSSR count). The number of fused-ring (bicyclic) bond motifs is 1. The van der Waals surface area contributed by atoms with Crippen molar-refractivity contribution < 1.29 is 27.9 Å². The van der Waals surface area contributed by atoms with Crippen molar-refractivity contribution in [2.45, 2.75) is 17.7 Å². The highest BCUT2D eigenvalue weighted by Gasteiger charge is 2.19. The van der Waals surface area contributed by atoms with E-state index in [1.807, 2.05) is 30.3 Å². The van der Waals surface area contributed by atoms with E-state index >= 15 is 0 Å². The molecule has 0 bridgehead atoms. The Morgan fingerprint density at radius 1 is 0.914 bits per heavy atom. The Morgan fingerprint density at radius 3 is 2.34 bits per heavy atom. The lowest BCUT2D eigenvalue weighted by Gasteiger charge is -2.19. The van der Waals surface area contributed by atoms with Crippen molar-refractivity contribution in [2.75, 3.05) is 24.5 Å². The van der Waals surface area contributed by atoms with Crippen molar-refractivity contribution >= 4 is 27.3 Å². The Bertz CT molecular complexity index is 1310. The summed E-state index contributed by atoms with van der Waals surface area (Å²) in [7, 11) is -3.85. The van der Waals surface area contributed by atoms with Crippen LogP contribution in [0.15, 0.2) is 82.8 Å². The van der Waals surface area contributed by atoms with Gasteiger partial charge in [-0.2, -0.15) is 0 Å². The maximum absolute atomic E-state index is 12.7. The number of hydrogen-bond acceptors (Lipinski definition) is 7. The molecule has 182 valence electrons. The number of ether oxygens (including phenoxy) is 2. The van der Waals surface area contributed by atoms with Gasteiger partial charge in [-0.3, -0.25) is 9.52 Å². The number of oxime groups is 1. The minimum atomic E-state index is -3.85. The van der Waals surface area contributed by atoms with Crippen LogP contribution in [-0.2, 0) is 10.0 Å². The molecule has 0 aromatic heterocycles. The normalized spacial score (nSPS) is 13.2. The highest BCUT2D eigenvalue weighted by atomic mass is 32.2. The summed E-state index contributed by atoms with van der Waals surface area (Å²) in [6.45, 7) is 1.17. The van der Waals surface area contributed by atoms with Crippen molar-refractivity contribution in [1.29, 1.82) is 0 Å². The number of anilines is 1. The Kier molecular flexibility index (Phi) is 7.51. The zero-order valence-corrected chi connectivity index (χ0v) is 19.6. The number of carbonyl (C=O) groups is 1. The van der Waals surface area contributed by atoms with Gasteiger partial charge in [0.25, 0.3) is 15.9 Å². The van der Waals surface area contributed by atoms with E-state index in [1.54, 1.807) is 18.2 Å². The number of sulfonamides is 1. The summed E-state index contributed by atoms with van der Waals surface area (Å²) in [6, 6.07) is 19.9. The van der Waals surface area contributed by atoms with Crippen LogP contribution >= 0.6 is 0 Å². The first kappa shape index (κ1) is 24.1. The summed E-state index contributed by atoms with van der Waals surface area (Å²) in [5.41, 5.74) is 2.10. The van der Waals surface area contributed by atoms with Gasteiger partial charge in [-0.05, 0) is 54.8 Å². The predicted octanol–water partition coefficient (Wildman–Crippen LogP) is 3.65. The van der Waals surface area contributed by atoms with Gasteiger partial charge in [0.2, 0.25) is 0 Å². The lowest BCUT2D eigenvalue weighted by Crippen LogP contribution is -2.25. The molecule has 0 saturated heterocycles. The summed E-state index contributed by atoms with van der Waals surface area (Å²) in [6.07, 6.45) is 1.09. The molecule has 0 aliphatic carbocycles. The molecule has 3 N–H and O–H groups in total. The molecule has 0 atom stereocenters. The summed E-state index contributed by atoms with van der Waals surface area (Å²) in [5, 5.41) is 15.4. The van der Waals surface area contributed by atoms with Crippen LogP contribution < -0.4 is 19.5 Å². The molecule has 1 aliphatic heterocycles. The lowest BCUT2D eigenvalue weighted by molar-refractivity contribution is 0.0953. The summed E-state index contributed by atoms with van der Waals surface area (Å²) in [4.78, 5) is 12.5. The zero-order chi connectivity index (χ0) is 24.7. The maximum Gasteiger partial charge on any atom is 0.262 e. The fourth-order valence-corrected chi connectivity index (χ4v) is 4.61. The van der Waals surface area contributed by atoms with Crippen LogP contribution in [0.1, 0.15) is 28.8 Å². The van der Waals surface area contributed by atoms with E-state index in [2.05, 4.69) is 15.2 Å². The number of hydrogen-bond donors (Lipinski definition) is 3. The average Bonchev–Trinajstić information content (AvgIpc) is 2.89. The topological polar surface area (TPSA) is 126 Å². The molecule has 1 heterocycles. The molecule has 1 aliphatic rings. The van der Waals surface area contributed by atoms with E-state index in [-0.39, 0.29) is 10.8 Å². The van der Waals surface area contributed by atoms with Crippen molar-refractivity contribution in [3.05, 3.63) is 83.9 Å². The van der Waals surface area contributed by atoms with Crippen LogP contribution in [0, 0.1) is 0 Å². The Morgan fingerprint density at radius 2 is 1.63 bits per heavy atom. The Balaban J connectivity index is 1.30. The third-order valence-electron chi connectivity index (χ3n) is 5.33. The molecule has 1 amide bonds. The molecule has 35 heavy (non-hydrogen) atoms. The fraction of sp³-hybridized carbons (Fsp3) is 0.200. The van der Waals surface area contributed by atoms with E-state index in [1.165, 1.54) is 24.3 Å². The van der Waals surface area contributed by atoms with Gasteiger partial charge in [-0.25, -0.2) is 8.42 Å². The van der Waals surface area contributed by atoms with Crippen LogP contribution in [0.2, 0.25) is 0 Å². The SMILES string of the molecule is O=C(NCCC/C(=N/O)c1ccccc1)c1ccc(NS(=O)(=O)c2ccc3c(c2)OCCO3)cc1. The monoisotopic (exact) mass is 495 g/mol. The standard InChI is InChI=1S/C25H25N3O6S/c29-25(26-14-4-7-22(27-30)18-5-2-1-3-6-18)19-8-10-20(11-9-19)28-35(31,32)21-12-13-23-24(17-21)34-16-15-33-23/h1-3,5-6,8-13,17,28,30H,4,7,14-16H2,(H,26,29)/b27-22-. The summed E-state index contributed by atoms with van der Waals surface area (Å²) < 4.78 is 38.9. The molecule has 3 aromatic carbocycles. The summed E-state index contributed by atoms with van der Waals surface area (Å²) >= 11 is 0. The number of nitrogens with zero attached hydrogens (tertiary/aromatic N) is 1. The fourth-order valence-electron chi connectivity index (χ4n) is 3.54. The first-order valence-corrected chi connectivity index (χ1v) is 12.5. The minimum absolute atomic E-state index is 0.0462. The van der Waals surface area contributed by atoms with Gasteiger partial charge in [0.15, 0.2) is 11.5 Å². The van der Waals surface area contributed by atoms with Gasteiger partial charge in [0.05, 0.1) is 10.6 Å². The van der Waals surface area contributed by atoms with Crippen LogP contribution in [0.5, 0.6) is 11.5 Å². The van der Waals surface area contributed by atoms with Crippen LogP contribution in [-0.4, -0.2) is 45.0 Å². The smallest absolute Gasteiger partial charge is 0.262 e. The molecule has 0 fully saturated rings. The molecule has 0 unspecified atom stereocenters. The highest BCUT2D eigenvalue weighted by Crippen LogP contribution is 2.32. The molecule has 3 aromatic rings. The molecular weight excluding hydrogens is 470 g/mol. The zero-order valence-electron chi connectivity index (χ0n) is 18.8. The minimum Gasteiger partial charge on any atom is -0.486 e. The second kappa shape index (κ2) is 10.9. The molecule has 0 radical (unpaired) electrons. The number of nitrogens with one attached hydrogen (secondary N) is 2. The first-order valence-electron chi connectivity index (χ1n) is 11.0. The van der Waals surface area contributed by atoms with Crippen LogP contribution in [0.4, 0.5) is 5.69 Å². The van der Waals surface area contributed by atoms with Crippen molar-refractivity contribution in [2.24, 2.45) is 5.16 Å². The molecule has 0 saturated carbocycles. The number of amides is 1. The van der Waals surface area contributed by atoms with E-state index in [0.29, 0.717) is 61.1 Å². The molecule has 0 spiro atoms. The van der Waals surface area contributed by atoms with E-state index < -0.39 is 10.0 Å². The number of benzene rings is 3. The molecular formula is C25H25N3O6S. The highest BCUT2D eigenvalue weighted by molar-refractivity contribution is 7.92. The third-order valence-corrected chi connectivity index (χ3v) is 6.71. The lowest BCUT2D eigenvalue weighted by atomic mass is 10.1. The quantitative estimate of drug-likeness (QED) is 0.180. The largest absolute Gasteiger partial charge is 0.486 e. The molecule has 9 nitrogen and oxygen atoms in total.